The van der Waals surface area contributed by atoms with E-state index in [0.29, 0.717) is 162 Å². The molecule has 0 aliphatic carbocycles. The number of carboxylic acid groups (broad SMARTS) is 3. The molecule has 4 N–H and O–H groups in total. The number of Topliss-reactive ketones (excluding diaryl/α,β-unsaturated/α-hetero) is 1. The van der Waals surface area contributed by atoms with Gasteiger partial charge in [-0.15, -0.1) is 0 Å². The van der Waals surface area contributed by atoms with Crippen LogP contribution in [0.2, 0.25) is 0 Å². The summed E-state index contributed by atoms with van der Waals surface area (Å²) < 4.78 is 27.4. The molecule has 1 aromatic carbocycles. The third kappa shape index (κ3) is 23.5. The number of carbonyl (C=O) groups excluding carboxylic acids is 2. The molecule has 1 aliphatic heterocycles. The monoisotopic (exact) mass is 885 g/mol. The van der Waals surface area contributed by atoms with E-state index in [2.05, 4.69) is 5.32 Å². The SMILES string of the molecule is CCOCCOCCCN(CC(=O)CCCCOCCOCCOCCCCc1c(NCCCC(C(=O)O)N2CCN(CC(=O)O)CCN(CC(=O)O)CC2)c(=O)c1=O)C(C)=O. The highest BCUT2D eigenvalue weighted by molar-refractivity contribution is 5.85. The quantitative estimate of drug-likeness (QED) is 0.0522. The van der Waals surface area contributed by atoms with Crippen molar-refractivity contribution in [2.45, 2.75) is 77.7 Å². The minimum Gasteiger partial charge on any atom is -0.480 e. The van der Waals surface area contributed by atoms with Crippen molar-refractivity contribution in [2.75, 3.05) is 143 Å². The van der Waals surface area contributed by atoms with Gasteiger partial charge in [-0.25, -0.2) is 0 Å². The lowest BCUT2D eigenvalue weighted by Crippen LogP contribution is -2.47. The molecule has 2 rings (SSSR count). The number of ether oxygens (including phenoxy) is 5. The van der Waals surface area contributed by atoms with Crippen molar-refractivity contribution in [3.05, 3.63) is 26.0 Å². The minimum absolute atomic E-state index is 0.0190. The van der Waals surface area contributed by atoms with Gasteiger partial charge in [0, 0.05) is 97.7 Å². The summed E-state index contributed by atoms with van der Waals surface area (Å²) in [5, 5.41) is 31.7. The van der Waals surface area contributed by atoms with E-state index in [1.807, 2.05) is 6.92 Å². The molecular formula is C42H71N5O15. The Morgan fingerprint density at radius 3 is 1.71 bits per heavy atom. The van der Waals surface area contributed by atoms with Crippen LogP contribution in [0.15, 0.2) is 9.59 Å². The second-order valence-corrected chi connectivity index (χ2v) is 15.2. The van der Waals surface area contributed by atoms with Gasteiger partial charge in [0.05, 0.1) is 65.0 Å². The van der Waals surface area contributed by atoms with Crippen LogP contribution in [0.4, 0.5) is 5.69 Å². The van der Waals surface area contributed by atoms with Gasteiger partial charge in [0.15, 0.2) is 5.78 Å². The fourth-order valence-electron chi connectivity index (χ4n) is 6.94. The van der Waals surface area contributed by atoms with E-state index in [9.17, 15) is 48.9 Å². The second kappa shape index (κ2) is 32.7. The smallest absolute Gasteiger partial charge is 0.320 e. The van der Waals surface area contributed by atoms with Crippen molar-refractivity contribution in [1.82, 2.24) is 19.6 Å². The fraction of sp³-hybridized carbons (Fsp3) is 0.786. The molecule has 1 saturated heterocycles. The topological polar surface area (TPSA) is 251 Å². The molecule has 1 aliphatic rings. The van der Waals surface area contributed by atoms with Gasteiger partial charge in [-0.05, 0) is 58.3 Å². The highest BCUT2D eigenvalue weighted by Gasteiger charge is 2.28. The number of carbonyl (C=O) groups is 5. The van der Waals surface area contributed by atoms with E-state index >= 15 is 0 Å². The number of hydrogen-bond donors (Lipinski definition) is 4. The van der Waals surface area contributed by atoms with Crippen LogP contribution in [-0.2, 0) is 54.1 Å². The molecule has 354 valence electrons. The Bertz CT molecular complexity index is 1510. The number of ketones is 1. The highest BCUT2D eigenvalue weighted by Crippen LogP contribution is 2.15. The van der Waals surface area contributed by atoms with Gasteiger partial charge in [-0.2, -0.15) is 0 Å². The molecule has 0 saturated carbocycles. The first kappa shape index (κ1) is 54.2. The molecule has 1 amide bonds. The van der Waals surface area contributed by atoms with E-state index in [0.717, 1.165) is 6.42 Å². The maximum absolute atomic E-state index is 12.4. The first-order valence-corrected chi connectivity index (χ1v) is 21.9. The average Bonchev–Trinajstić information content (AvgIpc) is 3.31. The molecule has 1 unspecified atom stereocenters. The van der Waals surface area contributed by atoms with Gasteiger partial charge in [-0.3, -0.25) is 48.3 Å². The number of amides is 1. The predicted molar refractivity (Wildman–Crippen MR) is 229 cm³/mol. The zero-order valence-corrected chi connectivity index (χ0v) is 36.8. The lowest BCUT2D eigenvalue weighted by atomic mass is 10.0. The molecule has 62 heavy (non-hydrogen) atoms. The van der Waals surface area contributed by atoms with Crippen LogP contribution in [0, 0.1) is 0 Å². The molecule has 1 atom stereocenters. The Hall–Kier alpha value is -3.89. The molecule has 1 fully saturated rings. The normalized spacial score (nSPS) is 14.9. The zero-order chi connectivity index (χ0) is 45.5. The van der Waals surface area contributed by atoms with E-state index in [1.54, 1.807) is 19.6 Å². The number of nitrogens with zero attached hydrogens (tertiary/aromatic N) is 4. The van der Waals surface area contributed by atoms with Crippen LogP contribution < -0.4 is 16.2 Å². The number of carboxylic acids is 3. The van der Waals surface area contributed by atoms with Crippen LogP contribution in [0.3, 0.4) is 0 Å². The minimum atomic E-state index is -1.05. The Morgan fingerprint density at radius 2 is 1.18 bits per heavy atom. The Balaban J connectivity index is 1.55. The van der Waals surface area contributed by atoms with E-state index in [1.165, 1.54) is 6.92 Å². The summed E-state index contributed by atoms with van der Waals surface area (Å²) in [6.45, 7) is 10.4. The largest absolute Gasteiger partial charge is 0.480 e. The third-order valence-corrected chi connectivity index (χ3v) is 10.4. The number of hydrogen-bond acceptors (Lipinski definition) is 16. The van der Waals surface area contributed by atoms with Crippen LogP contribution in [0.5, 0.6) is 0 Å². The molecule has 1 heterocycles. The summed E-state index contributed by atoms with van der Waals surface area (Å²) in [7, 11) is 0. The van der Waals surface area contributed by atoms with Crippen LogP contribution in [-0.4, -0.2) is 209 Å². The van der Waals surface area contributed by atoms with E-state index < -0.39 is 34.8 Å². The van der Waals surface area contributed by atoms with E-state index in [4.69, 9.17) is 23.7 Å². The number of unbranched alkanes of at least 4 members (excludes halogenated alkanes) is 2. The van der Waals surface area contributed by atoms with Crippen LogP contribution in [0.25, 0.3) is 0 Å². The summed E-state index contributed by atoms with van der Waals surface area (Å²) in [4.78, 5) is 90.6. The lowest BCUT2D eigenvalue weighted by molar-refractivity contribution is -0.144. The van der Waals surface area contributed by atoms with Gasteiger partial charge in [0.1, 0.15) is 6.04 Å². The average molecular weight is 886 g/mol. The van der Waals surface area contributed by atoms with Crippen molar-refractivity contribution in [3.63, 3.8) is 0 Å². The Labute approximate surface area is 364 Å². The molecule has 20 heteroatoms. The molecular weight excluding hydrogens is 814 g/mol. The van der Waals surface area contributed by atoms with Crippen molar-refractivity contribution < 1.29 is 63.0 Å². The van der Waals surface area contributed by atoms with Crippen molar-refractivity contribution in [2.24, 2.45) is 0 Å². The molecule has 0 aromatic heterocycles. The van der Waals surface area contributed by atoms with E-state index in [-0.39, 0.29) is 50.0 Å². The first-order valence-electron chi connectivity index (χ1n) is 21.9. The van der Waals surface area contributed by atoms with Crippen LogP contribution in [0.1, 0.15) is 70.8 Å². The summed E-state index contributed by atoms with van der Waals surface area (Å²) in [5.41, 5.74) is -0.414. The maximum Gasteiger partial charge on any atom is 0.320 e. The van der Waals surface area contributed by atoms with Gasteiger partial charge in [0.2, 0.25) is 16.8 Å². The Kier molecular flexibility index (Phi) is 28.6. The lowest BCUT2D eigenvalue weighted by Gasteiger charge is -2.30. The summed E-state index contributed by atoms with van der Waals surface area (Å²) >= 11 is 0. The van der Waals surface area contributed by atoms with Gasteiger partial charge in [-0.1, -0.05) is 0 Å². The number of aliphatic carboxylic acids is 3. The second-order valence-electron chi connectivity index (χ2n) is 15.2. The van der Waals surface area contributed by atoms with Crippen LogP contribution >= 0.6 is 0 Å². The summed E-state index contributed by atoms with van der Waals surface area (Å²) in [6, 6.07) is -0.906. The highest BCUT2D eigenvalue weighted by atomic mass is 16.5. The molecule has 20 nitrogen and oxygen atoms in total. The van der Waals surface area contributed by atoms with Crippen molar-refractivity contribution >= 4 is 35.3 Å². The zero-order valence-electron chi connectivity index (χ0n) is 36.8. The fourth-order valence-corrected chi connectivity index (χ4v) is 6.94. The van der Waals surface area contributed by atoms with Gasteiger partial charge < -0.3 is 49.2 Å². The van der Waals surface area contributed by atoms with Crippen molar-refractivity contribution in [3.8, 4) is 0 Å². The third-order valence-electron chi connectivity index (χ3n) is 10.4. The number of rotatable bonds is 37. The molecule has 1 aromatic rings. The maximum atomic E-state index is 12.4. The molecule has 0 radical (unpaired) electrons. The van der Waals surface area contributed by atoms with Gasteiger partial charge in [0.25, 0.3) is 0 Å². The number of anilines is 1. The first-order chi connectivity index (χ1) is 29.8. The van der Waals surface area contributed by atoms with Crippen molar-refractivity contribution in [1.29, 1.82) is 0 Å². The van der Waals surface area contributed by atoms with Gasteiger partial charge >= 0.3 is 17.9 Å². The summed E-state index contributed by atoms with van der Waals surface area (Å²) in [6.07, 6.45) is 4.75. The molecule has 0 bridgehead atoms. The Morgan fingerprint density at radius 1 is 0.661 bits per heavy atom. The standard InChI is InChI=1S/C42H71N5O15/c1-3-58-24-25-61-23-9-14-47(33(2)48)30-34(49)10-4-6-21-59-26-28-62-29-27-60-22-7-5-11-35-39(41(55)40(35)54)43-13-8-12-36(42(56)57)46-19-17-44(31-37(50)51)15-16-45(18-20-46)32-38(52)53/h36,43H,3-32H2,1-2H3,(H,50,51)(H,52,53)(H,56,57). The predicted octanol–water partition coefficient (Wildman–Crippen LogP) is 0.420. The molecule has 0 spiro atoms. The number of nitrogens with one attached hydrogen (secondary N) is 1. The summed E-state index contributed by atoms with van der Waals surface area (Å²) in [5.74, 6) is -3.21.